The second-order valence-corrected chi connectivity index (χ2v) is 10.0. The average molecular weight is 506 g/mol. The largest absolute Gasteiger partial charge is 0.382 e. The molecule has 4 heterocycles. The summed E-state index contributed by atoms with van der Waals surface area (Å²) in [5.74, 6) is 0.104. The summed E-state index contributed by atoms with van der Waals surface area (Å²) in [5.41, 5.74) is 11.5. The molecule has 190 valence electrons. The van der Waals surface area contributed by atoms with Crippen molar-refractivity contribution in [1.82, 2.24) is 30.7 Å². The summed E-state index contributed by atoms with van der Waals surface area (Å²) in [6.45, 7) is 7.73. The lowest BCUT2D eigenvalue weighted by Gasteiger charge is -2.39. The predicted octanol–water partition coefficient (Wildman–Crippen LogP) is 1.51. The van der Waals surface area contributed by atoms with Gasteiger partial charge in [0, 0.05) is 24.6 Å². The average Bonchev–Trinajstić information content (AvgIpc) is 3.38. The summed E-state index contributed by atoms with van der Waals surface area (Å²) >= 11 is 5.85. The zero-order chi connectivity index (χ0) is 24.7. The number of hydrogen-bond acceptors (Lipinski definition) is 10. The summed E-state index contributed by atoms with van der Waals surface area (Å²) in [4.78, 5) is 39.3. The van der Waals surface area contributed by atoms with E-state index >= 15 is 0 Å². The van der Waals surface area contributed by atoms with Crippen LogP contribution in [0.2, 0.25) is 5.15 Å². The van der Waals surface area contributed by atoms with Gasteiger partial charge in [-0.15, -0.1) is 0 Å². The molecule has 13 heteroatoms. The number of likely N-dealkylation sites (tertiary alicyclic amines) is 1. The van der Waals surface area contributed by atoms with Gasteiger partial charge in [-0.2, -0.15) is 0 Å². The summed E-state index contributed by atoms with van der Waals surface area (Å²) in [7, 11) is 0. The number of nitrogen functional groups attached to an aromatic ring is 2. The number of amides is 2. The van der Waals surface area contributed by atoms with Crippen molar-refractivity contribution in [2.45, 2.75) is 58.4 Å². The van der Waals surface area contributed by atoms with E-state index in [1.165, 1.54) is 0 Å². The number of carbonyl (C=O) groups excluding carboxylic acids is 2. The molecule has 2 aromatic rings. The van der Waals surface area contributed by atoms with Gasteiger partial charge in [0.05, 0.1) is 24.2 Å². The summed E-state index contributed by atoms with van der Waals surface area (Å²) in [6.07, 6.45) is 1.54. The number of piperidine rings is 1. The Balaban J connectivity index is 0.00000342. The van der Waals surface area contributed by atoms with Crippen molar-refractivity contribution < 1.29 is 14.1 Å². The Morgan fingerprint density at radius 1 is 1.23 bits per heavy atom. The molecule has 2 amide bonds. The highest BCUT2D eigenvalue weighted by molar-refractivity contribution is 6.31. The number of rotatable bonds is 3. The van der Waals surface area contributed by atoms with Crippen LogP contribution in [0.3, 0.4) is 0 Å². The van der Waals surface area contributed by atoms with Crippen LogP contribution in [0.1, 0.15) is 63.0 Å². The number of nitrogens with zero attached hydrogens (tertiary/aromatic N) is 5. The number of aromatic nitrogens is 3. The maximum atomic E-state index is 12.8. The highest BCUT2D eigenvalue weighted by atomic mass is 35.5. The third-order valence-electron chi connectivity index (χ3n) is 6.00. The topological polar surface area (TPSA) is 178 Å². The third-order valence-corrected chi connectivity index (χ3v) is 6.28. The first-order valence-corrected chi connectivity index (χ1v) is 11.3. The summed E-state index contributed by atoms with van der Waals surface area (Å²) in [5, 5.41) is 9.91. The lowest BCUT2D eigenvalue weighted by atomic mass is 9.88. The first kappa shape index (κ1) is 26.2. The molecule has 0 saturated carbocycles. The second kappa shape index (κ2) is 9.68. The quantitative estimate of drug-likeness (QED) is 0.481. The van der Waals surface area contributed by atoms with Crippen LogP contribution < -0.4 is 22.1 Å². The molecule has 2 aromatic heterocycles. The minimum Gasteiger partial charge on any atom is -0.382 e. The van der Waals surface area contributed by atoms with Gasteiger partial charge in [0.15, 0.2) is 28.4 Å². The normalized spacial score (nSPS) is 16.9. The van der Waals surface area contributed by atoms with E-state index in [2.05, 4.69) is 30.8 Å². The number of hydrogen-bond donors (Lipinski definition) is 4. The molecule has 0 bridgehead atoms. The van der Waals surface area contributed by atoms with Crippen molar-refractivity contribution in [3.8, 4) is 0 Å². The van der Waals surface area contributed by atoms with E-state index < -0.39 is 5.91 Å². The van der Waals surface area contributed by atoms with Crippen molar-refractivity contribution in [2.24, 2.45) is 4.99 Å². The maximum absolute atomic E-state index is 12.8. The lowest BCUT2D eigenvalue weighted by molar-refractivity contribution is -0.132. The van der Waals surface area contributed by atoms with Gasteiger partial charge in [0.1, 0.15) is 5.76 Å². The van der Waals surface area contributed by atoms with Crippen molar-refractivity contribution in [1.29, 1.82) is 0 Å². The molecule has 0 unspecified atom stereocenters. The van der Waals surface area contributed by atoms with Crippen molar-refractivity contribution >= 4 is 41.0 Å². The van der Waals surface area contributed by atoms with E-state index in [1.54, 1.807) is 0 Å². The fraction of sp³-hybridized carbons (Fsp3) is 0.545. The monoisotopic (exact) mass is 505 g/mol. The lowest BCUT2D eigenvalue weighted by Crippen LogP contribution is -2.57. The molecule has 35 heavy (non-hydrogen) atoms. The summed E-state index contributed by atoms with van der Waals surface area (Å²) in [6, 6.07) is 1.84. The highest BCUT2D eigenvalue weighted by Crippen LogP contribution is 2.27. The van der Waals surface area contributed by atoms with E-state index in [9.17, 15) is 9.59 Å². The zero-order valence-corrected chi connectivity index (χ0v) is 20.1. The van der Waals surface area contributed by atoms with Crippen LogP contribution in [-0.4, -0.2) is 63.0 Å². The van der Waals surface area contributed by atoms with Crippen LogP contribution in [0.15, 0.2) is 15.6 Å². The Kier molecular flexibility index (Phi) is 7.25. The number of anilines is 2. The van der Waals surface area contributed by atoms with Crippen molar-refractivity contribution in [3.63, 3.8) is 0 Å². The van der Waals surface area contributed by atoms with Gasteiger partial charge in [-0.1, -0.05) is 45.0 Å². The fourth-order valence-corrected chi connectivity index (χ4v) is 4.01. The minimum absolute atomic E-state index is 0. The Morgan fingerprint density at radius 2 is 1.91 bits per heavy atom. The molecular formula is C22H32ClN9O3. The molecule has 12 nitrogen and oxygen atoms in total. The molecule has 4 rings (SSSR count). The molecule has 1 spiro atoms. The number of halogens is 1. The van der Waals surface area contributed by atoms with Gasteiger partial charge in [-0.3, -0.25) is 19.9 Å². The van der Waals surface area contributed by atoms with Crippen LogP contribution in [0, 0.1) is 0 Å². The number of nitrogens with one attached hydrogen (secondary N) is 2. The molecule has 2 aliphatic heterocycles. The second-order valence-electron chi connectivity index (χ2n) is 9.64. The van der Waals surface area contributed by atoms with Crippen molar-refractivity contribution in [2.75, 3.05) is 31.1 Å². The Bertz CT molecular complexity index is 1150. The number of aliphatic imine (C=N–C) groups is 1. The third kappa shape index (κ3) is 5.64. The zero-order valence-electron chi connectivity index (χ0n) is 19.3. The summed E-state index contributed by atoms with van der Waals surface area (Å²) < 4.78 is 5.35. The van der Waals surface area contributed by atoms with Crippen LogP contribution >= 0.6 is 11.6 Å². The minimum atomic E-state index is -0.593. The van der Waals surface area contributed by atoms with Gasteiger partial charge in [-0.25, -0.2) is 9.97 Å². The molecule has 0 atom stereocenters. The van der Waals surface area contributed by atoms with E-state index in [4.69, 9.17) is 27.6 Å². The van der Waals surface area contributed by atoms with Gasteiger partial charge < -0.3 is 26.2 Å². The SMILES string of the molecule is C.CC(C)(C)c1cc(CC(=O)N2CCC3(CC2)CN=C(NC(=O)c2nc(Cl)c(N)nc2N)N3)on1. The van der Waals surface area contributed by atoms with Crippen LogP contribution in [0.5, 0.6) is 0 Å². The molecule has 0 radical (unpaired) electrons. The van der Waals surface area contributed by atoms with Crippen LogP contribution in [-0.2, 0) is 16.6 Å². The van der Waals surface area contributed by atoms with Crippen molar-refractivity contribution in [3.05, 3.63) is 28.4 Å². The Hall–Kier alpha value is -3.41. The molecule has 6 N–H and O–H groups in total. The van der Waals surface area contributed by atoms with E-state index in [0.717, 1.165) is 5.69 Å². The Morgan fingerprint density at radius 3 is 2.54 bits per heavy atom. The Labute approximate surface area is 208 Å². The number of guanidine groups is 1. The fourth-order valence-electron chi connectivity index (χ4n) is 3.88. The van der Waals surface area contributed by atoms with Gasteiger partial charge in [0.25, 0.3) is 5.91 Å². The highest BCUT2D eigenvalue weighted by Gasteiger charge is 2.40. The predicted molar refractivity (Wildman–Crippen MR) is 133 cm³/mol. The van der Waals surface area contributed by atoms with E-state index in [-0.39, 0.29) is 53.2 Å². The molecular weight excluding hydrogens is 474 g/mol. The van der Waals surface area contributed by atoms with Crippen LogP contribution in [0.25, 0.3) is 0 Å². The molecule has 0 aliphatic carbocycles. The standard InChI is InChI=1S/C21H28ClN9O3.CH4/c1-20(2,3)12-8-11(34-30-12)9-13(32)31-6-4-21(5-7-31)10-25-19(29-21)28-18(33)14-16(23)27-17(24)15(22)26-14;/h8H,4-7,9-10H2,1-3H3,(H4,23,24,27)(H2,25,28,29,33);1H4. The smallest absolute Gasteiger partial charge is 0.280 e. The van der Waals surface area contributed by atoms with Gasteiger partial charge in [-0.05, 0) is 12.8 Å². The number of carbonyl (C=O) groups is 2. The van der Waals surface area contributed by atoms with Gasteiger partial charge in [0.2, 0.25) is 5.91 Å². The molecule has 1 fully saturated rings. The first-order valence-electron chi connectivity index (χ1n) is 10.9. The number of nitrogens with two attached hydrogens (primary N) is 2. The van der Waals surface area contributed by atoms with E-state index in [0.29, 0.717) is 44.2 Å². The first-order chi connectivity index (χ1) is 16.0. The molecule has 2 aliphatic rings. The molecule has 0 aromatic carbocycles. The van der Waals surface area contributed by atoms with E-state index in [1.807, 2.05) is 31.7 Å². The van der Waals surface area contributed by atoms with Crippen LogP contribution in [0.4, 0.5) is 11.6 Å². The van der Waals surface area contributed by atoms with Gasteiger partial charge >= 0.3 is 0 Å². The maximum Gasteiger partial charge on any atom is 0.280 e. The molecule has 1 saturated heterocycles.